The van der Waals surface area contributed by atoms with Crippen molar-refractivity contribution in [2.75, 3.05) is 23.8 Å². The Balaban J connectivity index is 2.27. The predicted molar refractivity (Wildman–Crippen MR) is 66.1 cm³/mol. The number of fused-ring (bicyclic) bond motifs is 1. The molecule has 0 aliphatic carbocycles. The fraction of sp³-hybridized carbons (Fsp3) is 0.333. The molecule has 0 saturated heterocycles. The van der Waals surface area contributed by atoms with Crippen molar-refractivity contribution >= 4 is 29.3 Å². The quantitative estimate of drug-likeness (QED) is 0.785. The van der Waals surface area contributed by atoms with Crippen molar-refractivity contribution < 1.29 is 18.7 Å². The Hall–Kier alpha value is -1.56. The lowest BCUT2D eigenvalue weighted by molar-refractivity contribution is -0.142. The largest absolute Gasteiger partial charge is 0.465 e. The predicted octanol–water partition coefficient (Wildman–Crippen LogP) is 1.83. The highest BCUT2D eigenvalue weighted by molar-refractivity contribution is 8.00. The maximum Gasteiger partial charge on any atom is 0.326 e. The molecule has 0 aromatic heterocycles. The van der Waals surface area contributed by atoms with Crippen LogP contribution in [-0.4, -0.2) is 30.8 Å². The number of carbonyl (C=O) groups excluding carboxylic acids is 2. The number of hydrogen-bond acceptors (Lipinski definition) is 4. The van der Waals surface area contributed by atoms with E-state index in [-0.39, 0.29) is 24.8 Å². The first-order valence-electron chi connectivity index (χ1n) is 5.50. The van der Waals surface area contributed by atoms with Gasteiger partial charge in [-0.1, -0.05) is 0 Å². The number of ether oxygens (including phenoxy) is 1. The number of hydrogen-bond donors (Lipinski definition) is 0. The molecule has 1 aliphatic rings. The fourth-order valence-electron chi connectivity index (χ4n) is 1.68. The zero-order valence-corrected chi connectivity index (χ0v) is 10.6. The van der Waals surface area contributed by atoms with Crippen LogP contribution in [0.1, 0.15) is 6.92 Å². The van der Waals surface area contributed by atoms with Gasteiger partial charge < -0.3 is 4.74 Å². The van der Waals surface area contributed by atoms with Gasteiger partial charge in [0.25, 0.3) is 0 Å². The second kappa shape index (κ2) is 5.39. The van der Waals surface area contributed by atoms with Crippen LogP contribution in [-0.2, 0) is 14.3 Å². The van der Waals surface area contributed by atoms with Gasteiger partial charge in [0.2, 0.25) is 5.91 Å². The highest BCUT2D eigenvalue weighted by Gasteiger charge is 2.27. The minimum atomic E-state index is -0.493. The molecular formula is C12H12FNO3S. The Kier molecular flexibility index (Phi) is 3.86. The Labute approximate surface area is 108 Å². The van der Waals surface area contributed by atoms with Crippen molar-refractivity contribution in [2.45, 2.75) is 11.8 Å². The molecule has 2 rings (SSSR count). The van der Waals surface area contributed by atoms with Crippen LogP contribution in [0.4, 0.5) is 10.1 Å². The molecule has 1 heterocycles. The number of nitrogens with zero attached hydrogens (tertiary/aromatic N) is 1. The molecule has 1 amide bonds. The number of carbonyl (C=O) groups is 2. The highest BCUT2D eigenvalue weighted by Crippen LogP contribution is 2.35. The van der Waals surface area contributed by atoms with Crippen LogP contribution < -0.4 is 4.90 Å². The second-order valence-corrected chi connectivity index (χ2v) is 4.70. The van der Waals surface area contributed by atoms with Gasteiger partial charge in [-0.3, -0.25) is 14.5 Å². The third kappa shape index (κ3) is 2.64. The van der Waals surface area contributed by atoms with Crippen LogP contribution in [0, 0.1) is 5.82 Å². The molecule has 96 valence electrons. The number of benzene rings is 1. The number of halogens is 1. The zero-order valence-electron chi connectivity index (χ0n) is 9.81. The van der Waals surface area contributed by atoms with Crippen molar-refractivity contribution in [3.63, 3.8) is 0 Å². The molecule has 1 aromatic rings. The molecule has 18 heavy (non-hydrogen) atoms. The summed E-state index contributed by atoms with van der Waals surface area (Å²) in [5, 5.41) is 0. The van der Waals surface area contributed by atoms with Crippen LogP contribution in [0.3, 0.4) is 0 Å². The summed E-state index contributed by atoms with van der Waals surface area (Å²) in [4.78, 5) is 25.3. The van der Waals surface area contributed by atoms with E-state index in [0.29, 0.717) is 5.69 Å². The molecule has 0 bridgehead atoms. The van der Waals surface area contributed by atoms with Gasteiger partial charge in [0.1, 0.15) is 12.4 Å². The zero-order chi connectivity index (χ0) is 13.1. The van der Waals surface area contributed by atoms with E-state index < -0.39 is 11.8 Å². The first kappa shape index (κ1) is 12.9. The van der Waals surface area contributed by atoms with E-state index in [1.807, 2.05) is 0 Å². The molecule has 1 aliphatic heterocycles. The van der Waals surface area contributed by atoms with Crippen LogP contribution in [0.5, 0.6) is 0 Å². The van der Waals surface area contributed by atoms with Crippen molar-refractivity contribution in [2.24, 2.45) is 0 Å². The Morgan fingerprint density at radius 1 is 1.56 bits per heavy atom. The van der Waals surface area contributed by atoms with Crippen molar-refractivity contribution in [1.82, 2.24) is 0 Å². The van der Waals surface area contributed by atoms with Gasteiger partial charge in [0.05, 0.1) is 18.0 Å². The summed E-state index contributed by atoms with van der Waals surface area (Å²) in [5.74, 6) is -0.894. The van der Waals surface area contributed by atoms with Crippen molar-refractivity contribution in [1.29, 1.82) is 0 Å². The summed E-state index contributed by atoms with van der Waals surface area (Å²) in [7, 11) is 0. The third-order valence-corrected chi connectivity index (χ3v) is 3.50. The number of amides is 1. The van der Waals surface area contributed by atoms with Gasteiger partial charge >= 0.3 is 5.97 Å². The number of rotatable bonds is 3. The lowest BCUT2D eigenvalue weighted by atomic mass is 10.2. The maximum absolute atomic E-state index is 13.2. The smallest absolute Gasteiger partial charge is 0.326 e. The minimum absolute atomic E-state index is 0.177. The number of thioether (sulfide) groups is 1. The van der Waals surface area contributed by atoms with E-state index in [2.05, 4.69) is 0 Å². The summed E-state index contributed by atoms with van der Waals surface area (Å²) in [5.41, 5.74) is 0.435. The standard InChI is InChI=1S/C12H12FNO3S/c1-2-17-12(16)6-14-9-5-8(13)3-4-10(9)18-7-11(14)15/h3-5H,2,6-7H2,1H3. The average molecular weight is 269 g/mol. The summed E-state index contributed by atoms with van der Waals surface area (Å²) >= 11 is 1.34. The fourth-order valence-corrected chi connectivity index (χ4v) is 2.60. The van der Waals surface area contributed by atoms with Gasteiger partial charge in [-0.25, -0.2) is 4.39 Å². The molecule has 0 fully saturated rings. The molecule has 4 nitrogen and oxygen atoms in total. The second-order valence-electron chi connectivity index (χ2n) is 3.69. The monoisotopic (exact) mass is 269 g/mol. The third-order valence-electron chi connectivity index (χ3n) is 2.46. The van der Waals surface area contributed by atoms with E-state index >= 15 is 0 Å². The molecule has 1 aromatic carbocycles. The molecule has 0 spiro atoms. The molecule has 6 heteroatoms. The Bertz CT molecular complexity index is 492. The SMILES string of the molecule is CCOC(=O)CN1C(=O)CSc2ccc(F)cc21. The lowest BCUT2D eigenvalue weighted by Crippen LogP contribution is -2.40. The molecule has 0 N–H and O–H groups in total. The first-order chi connectivity index (χ1) is 8.61. The van der Waals surface area contributed by atoms with E-state index in [1.54, 1.807) is 13.0 Å². The molecule has 0 saturated carbocycles. The molecule has 0 radical (unpaired) electrons. The van der Waals surface area contributed by atoms with Gasteiger partial charge in [0.15, 0.2) is 0 Å². The van der Waals surface area contributed by atoms with Gasteiger partial charge in [0, 0.05) is 4.90 Å². The van der Waals surface area contributed by atoms with Crippen LogP contribution >= 0.6 is 11.8 Å². The van der Waals surface area contributed by atoms with Gasteiger partial charge in [-0.05, 0) is 25.1 Å². The van der Waals surface area contributed by atoms with E-state index in [0.717, 1.165) is 4.90 Å². The molecule has 0 atom stereocenters. The Morgan fingerprint density at radius 2 is 2.33 bits per heavy atom. The van der Waals surface area contributed by atoms with Crippen LogP contribution in [0.2, 0.25) is 0 Å². The lowest BCUT2D eigenvalue weighted by Gasteiger charge is -2.27. The van der Waals surface area contributed by atoms with Crippen molar-refractivity contribution in [3.8, 4) is 0 Å². The van der Waals surface area contributed by atoms with Gasteiger partial charge in [-0.15, -0.1) is 11.8 Å². The maximum atomic E-state index is 13.2. The summed E-state index contributed by atoms with van der Waals surface area (Å²) in [6.07, 6.45) is 0. The number of esters is 1. The summed E-state index contributed by atoms with van der Waals surface area (Å²) in [6.45, 7) is 1.77. The first-order valence-corrected chi connectivity index (χ1v) is 6.48. The normalized spacial score (nSPS) is 14.3. The summed E-state index contributed by atoms with van der Waals surface area (Å²) < 4.78 is 18.0. The number of anilines is 1. The summed E-state index contributed by atoms with van der Waals surface area (Å²) in [6, 6.07) is 4.21. The minimum Gasteiger partial charge on any atom is -0.465 e. The van der Waals surface area contributed by atoms with Gasteiger partial charge in [-0.2, -0.15) is 0 Å². The Morgan fingerprint density at radius 3 is 3.06 bits per heavy atom. The van der Waals surface area contributed by atoms with Crippen LogP contribution in [0.25, 0.3) is 0 Å². The molecule has 0 unspecified atom stereocenters. The van der Waals surface area contributed by atoms with Crippen LogP contribution in [0.15, 0.2) is 23.1 Å². The van der Waals surface area contributed by atoms with E-state index in [4.69, 9.17) is 4.74 Å². The topological polar surface area (TPSA) is 46.6 Å². The van der Waals surface area contributed by atoms with E-state index in [1.165, 1.54) is 28.8 Å². The average Bonchev–Trinajstić information content (AvgIpc) is 2.33. The molecular weight excluding hydrogens is 257 g/mol. The highest BCUT2D eigenvalue weighted by atomic mass is 32.2. The van der Waals surface area contributed by atoms with Crippen molar-refractivity contribution in [3.05, 3.63) is 24.0 Å². The van der Waals surface area contributed by atoms with E-state index in [9.17, 15) is 14.0 Å².